The molecule has 142 valence electrons. The SMILES string of the molecule is COc1cccc(-c2nn(-c3ccccc3)cc2CNC(C)c2ncn[nH]2)c1. The summed E-state index contributed by atoms with van der Waals surface area (Å²) in [7, 11) is 1.67. The van der Waals surface area contributed by atoms with Crippen molar-refractivity contribution in [2.24, 2.45) is 0 Å². The number of para-hydroxylation sites is 1. The molecule has 0 radical (unpaired) electrons. The standard InChI is InChI=1S/C21H22N6O/c1-15(21-23-14-24-25-21)22-12-17-13-27(18-8-4-3-5-9-18)26-20(17)16-7-6-10-19(11-16)28-2/h3-11,13-15,22H,12H2,1-2H3,(H,23,24,25). The molecule has 0 amide bonds. The van der Waals surface area contributed by atoms with E-state index in [1.165, 1.54) is 6.33 Å². The van der Waals surface area contributed by atoms with Crippen molar-refractivity contribution in [3.63, 3.8) is 0 Å². The maximum Gasteiger partial charge on any atom is 0.141 e. The molecule has 0 aliphatic carbocycles. The van der Waals surface area contributed by atoms with E-state index in [0.717, 1.165) is 34.1 Å². The number of ether oxygens (including phenoxy) is 1. The number of nitrogens with zero attached hydrogens (tertiary/aromatic N) is 4. The third kappa shape index (κ3) is 3.79. The van der Waals surface area contributed by atoms with Gasteiger partial charge in [-0.1, -0.05) is 30.3 Å². The predicted molar refractivity (Wildman–Crippen MR) is 107 cm³/mol. The molecule has 2 aromatic heterocycles. The van der Waals surface area contributed by atoms with Crippen LogP contribution in [0.5, 0.6) is 5.75 Å². The van der Waals surface area contributed by atoms with Gasteiger partial charge < -0.3 is 10.1 Å². The second-order valence-electron chi connectivity index (χ2n) is 6.49. The van der Waals surface area contributed by atoms with E-state index in [2.05, 4.69) is 26.7 Å². The van der Waals surface area contributed by atoms with E-state index in [1.54, 1.807) is 7.11 Å². The van der Waals surface area contributed by atoms with Crippen LogP contribution in [-0.2, 0) is 6.54 Å². The van der Waals surface area contributed by atoms with E-state index in [0.29, 0.717) is 6.54 Å². The van der Waals surface area contributed by atoms with Crippen LogP contribution in [0.1, 0.15) is 24.4 Å². The minimum Gasteiger partial charge on any atom is -0.497 e. The third-order valence-corrected chi connectivity index (χ3v) is 4.60. The fourth-order valence-electron chi connectivity index (χ4n) is 3.05. The zero-order valence-electron chi connectivity index (χ0n) is 15.8. The van der Waals surface area contributed by atoms with Crippen molar-refractivity contribution in [3.05, 3.63) is 78.5 Å². The summed E-state index contributed by atoms with van der Waals surface area (Å²) < 4.78 is 7.29. The fourth-order valence-corrected chi connectivity index (χ4v) is 3.05. The number of hydrogen-bond donors (Lipinski definition) is 2. The summed E-state index contributed by atoms with van der Waals surface area (Å²) in [4.78, 5) is 4.22. The topological polar surface area (TPSA) is 80.7 Å². The molecule has 0 saturated carbocycles. The van der Waals surface area contributed by atoms with Gasteiger partial charge in [0.15, 0.2) is 0 Å². The summed E-state index contributed by atoms with van der Waals surface area (Å²) in [5.41, 5.74) is 4.03. The normalized spacial score (nSPS) is 12.1. The lowest BCUT2D eigenvalue weighted by atomic mass is 10.1. The molecule has 4 aromatic rings. The van der Waals surface area contributed by atoms with E-state index < -0.39 is 0 Å². The smallest absolute Gasteiger partial charge is 0.141 e. The Labute approximate surface area is 163 Å². The Morgan fingerprint density at radius 2 is 2.00 bits per heavy atom. The average molecular weight is 374 g/mol. The summed E-state index contributed by atoms with van der Waals surface area (Å²) >= 11 is 0. The maximum atomic E-state index is 5.39. The Balaban J connectivity index is 1.67. The summed E-state index contributed by atoms with van der Waals surface area (Å²) in [6, 6.07) is 18.1. The van der Waals surface area contributed by atoms with Gasteiger partial charge in [0.05, 0.1) is 24.5 Å². The second-order valence-corrected chi connectivity index (χ2v) is 6.49. The highest BCUT2D eigenvalue weighted by molar-refractivity contribution is 5.65. The van der Waals surface area contributed by atoms with Crippen molar-refractivity contribution < 1.29 is 4.74 Å². The van der Waals surface area contributed by atoms with Crippen LogP contribution >= 0.6 is 0 Å². The number of aromatic nitrogens is 5. The first kappa shape index (κ1) is 17.9. The van der Waals surface area contributed by atoms with E-state index in [4.69, 9.17) is 9.84 Å². The van der Waals surface area contributed by atoms with Gasteiger partial charge in [0.25, 0.3) is 0 Å². The predicted octanol–water partition coefficient (Wildman–Crippen LogP) is 3.52. The summed E-state index contributed by atoms with van der Waals surface area (Å²) in [6.07, 6.45) is 3.58. The highest BCUT2D eigenvalue weighted by Gasteiger charge is 2.15. The van der Waals surface area contributed by atoms with Gasteiger partial charge in [-0.2, -0.15) is 10.2 Å². The van der Waals surface area contributed by atoms with Crippen molar-refractivity contribution in [1.82, 2.24) is 30.3 Å². The van der Waals surface area contributed by atoms with Crippen molar-refractivity contribution in [2.45, 2.75) is 19.5 Å². The van der Waals surface area contributed by atoms with E-state index >= 15 is 0 Å². The Bertz CT molecular complexity index is 1030. The molecule has 2 N–H and O–H groups in total. The molecule has 4 rings (SSSR count). The second kappa shape index (κ2) is 8.06. The lowest BCUT2D eigenvalue weighted by molar-refractivity contribution is 0.415. The van der Waals surface area contributed by atoms with Gasteiger partial charge in [-0.15, -0.1) is 0 Å². The highest BCUT2D eigenvalue weighted by Crippen LogP contribution is 2.27. The third-order valence-electron chi connectivity index (χ3n) is 4.60. The lowest BCUT2D eigenvalue weighted by Gasteiger charge is -2.11. The average Bonchev–Trinajstić information content (AvgIpc) is 3.43. The monoisotopic (exact) mass is 374 g/mol. The lowest BCUT2D eigenvalue weighted by Crippen LogP contribution is -2.19. The molecular weight excluding hydrogens is 352 g/mol. The van der Waals surface area contributed by atoms with Gasteiger partial charge in [-0.25, -0.2) is 9.67 Å². The van der Waals surface area contributed by atoms with Crippen molar-refractivity contribution in [2.75, 3.05) is 7.11 Å². The number of methoxy groups -OCH3 is 1. The molecule has 0 aliphatic rings. The quantitative estimate of drug-likeness (QED) is 0.517. The number of rotatable bonds is 7. The van der Waals surface area contributed by atoms with Crippen LogP contribution in [0.25, 0.3) is 16.9 Å². The van der Waals surface area contributed by atoms with Crippen LogP contribution < -0.4 is 10.1 Å². The fraction of sp³-hybridized carbons (Fsp3) is 0.190. The first-order valence-corrected chi connectivity index (χ1v) is 9.11. The molecule has 0 aliphatic heterocycles. The van der Waals surface area contributed by atoms with E-state index in [9.17, 15) is 0 Å². The Morgan fingerprint density at radius 3 is 2.75 bits per heavy atom. The molecule has 0 saturated heterocycles. The molecule has 0 bridgehead atoms. The molecule has 0 spiro atoms. The maximum absolute atomic E-state index is 5.39. The Kier molecular flexibility index (Phi) is 5.16. The van der Waals surface area contributed by atoms with Gasteiger partial charge in [-0.3, -0.25) is 5.10 Å². The number of benzene rings is 2. The summed E-state index contributed by atoms with van der Waals surface area (Å²) in [6.45, 7) is 2.69. The van der Waals surface area contributed by atoms with Gasteiger partial charge in [0.1, 0.15) is 17.9 Å². The molecule has 28 heavy (non-hydrogen) atoms. The van der Waals surface area contributed by atoms with Gasteiger partial charge in [0.2, 0.25) is 0 Å². The van der Waals surface area contributed by atoms with Gasteiger partial charge in [-0.05, 0) is 31.2 Å². The summed E-state index contributed by atoms with van der Waals surface area (Å²) in [5.74, 6) is 1.61. The molecule has 0 fully saturated rings. The first-order valence-electron chi connectivity index (χ1n) is 9.11. The van der Waals surface area contributed by atoms with E-state index in [-0.39, 0.29) is 6.04 Å². The van der Waals surface area contributed by atoms with Crippen LogP contribution in [0.2, 0.25) is 0 Å². The van der Waals surface area contributed by atoms with Gasteiger partial charge >= 0.3 is 0 Å². The number of hydrogen-bond acceptors (Lipinski definition) is 5. The zero-order chi connectivity index (χ0) is 19.3. The van der Waals surface area contributed by atoms with Crippen molar-refractivity contribution in [1.29, 1.82) is 0 Å². The molecular formula is C21H22N6O. The highest BCUT2D eigenvalue weighted by atomic mass is 16.5. The van der Waals surface area contributed by atoms with Crippen LogP contribution in [0.15, 0.2) is 67.1 Å². The molecule has 1 unspecified atom stereocenters. The minimum atomic E-state index is 0.0423. The number of nitrogens with one attached hydrogen (secondary N) is 2. The van der Waals surface area contributed by atoms with Crippen LogP contribution in [0, 0.1) is 0 Å². The van der Waals surface area contributed by atoms with Gasteiger partial charge in [0, 0.05) is 23.9 Å². The van der Waals surface area contributed by atoms with Crippen molar-refractivity contribution >= 4 is 0 Å². The number of H-pyrrole nitrogens is 1. The molecule has 2 heterocycles. The first-order chi connectivity index (χ1) is 13.7. The van der Waals surface area contributed by atoms with Crippen molar-refractivity contribution in [3.8, 4) is 22.7 Å². The molecule has 7 nitrogen and oxygen atoms in total. The molecule has 1 atom stereocenters. The molecule has 2 aromatic carbocycles. The van der Waals surface area contributed by atoms with Crippen LogP contribution in [0.3, 0.4) is 0 Å². The van der Waals surface area contributed by atoms with E-state index in [1.807, 2.05) is 66.2 Å². The largest absolute Gasteiger partial charge is 0.497 e. The van der Waals surface area contributed by atoms with Crippen LogP contribution in [0.4, 0.5) is 0 Å². The number of aromatic amines is 1. The Hall–Kier alpha value is -3.45. The van der Waals surface area contributed by atoms with Crippen LogP contribution in [-0.4, -0.2) is 32.1 Å². The minimum absolute atomic E-state index is 0.0423. The zero-order valence-corrected chi connectivity index (χ0v) is 15.8. The molecule has 7 heteroatoms. The Morgan fingerprint density at radius 1 is 1.14 bits per heavy atom. The summed E-state index contributed by atoms with van der Waals surface area (Å²) in [5, 5.41) is 15.2.